The Morgan fingerprint density at radius 1 is 0.889 bits per heavy atom. The Balaban J connectivity index is 4.28. The van der Waals surface area contributed by atoms with Crippen molar-refractivity contribution in [1.29, 1.82) is 0 Å². The van der Waals surface area contributed by atoms with Gasteiger partial charge in [-0.15, -0.1) is 0 Å². The van der Waals surface area contributed by atoms with Crippen LogP contribution in [0, 0.1) is 0 Å². The number of hydrogen-bond donors (Lipinski definition) is 2. The summed E-state index contributed by atoms with van der Waals surface area (Å²) < 4.78 is 12.5. The van der Waals surface area contributed by atoms with Gasteiger partial charge in [0, 0.05) is 0 Å². The van der Waals surface area contributed by atoms with Crippen molar-refractivity contribution in [3.8, 4) is 0 Å². The van der Waals surface area contributed by atoms with Crippen molar-refractivity contribution in [2.75, 3.05) is 0 Å². The van der Waals surface area contributed by atoms with Crippen LogP contribution in [0.1, 0.15) is 6.42 Å². The fraction of sp³-hybridized carbons (Fsp3) is 1.00. The maximum atomic E-state index is 8.85. The second-order valence-electron chi connectivity index (χ2n) is 6.85. The molecule has 4 nitrogen and oxygen atoms in total. The smallest absolute Gasteiger partial charge is 0.437 e. The monoisotopic (exact) mass is 308 g/mol. The topological polar surface area (TPSA) is 58.9 Å². The van der Waals surface area contributed by atoms with E-state index in [1.165, 1.54) is 0 Å². The van der Waals surface area contributed by atoms with Crippen molar-refractivity contribution >= 4 is 32.3 Å². The molecule has 0 heterocycles. The molecule has 0 aliphatic carbocycles. The Labute approximate surface area is 115 Å². The van der Waals surface area contributed by atoms with E-state index in [1.807, 2.05) is 0 Å². The van der Waals surface area contributed by atoms with Gasteiger partial charge in [-0.3, -0.25) is 0 Å². The summed E-state index contributed by atoms with van der Waals surface area (Å²) in [6, 6.07) is 0.941. The highest BCUT2D eigenvalue weighted by Gasteiger charge is 2.37. The Hall–Kier alpha value is 0.556. The molecule has 0 saturated heterocycles. The van der Waals surface area contributed by atoms with Gasteiger partial charge in [0.15, 0.2) is 16.6 Å². The second-order valence-corrected chi connectivity index (χ2v) is 19.5. The predicted octanol–water partition coefficient (Wildman–Crippen LogP) is 2.62. The van der Waals surface area contributed by atoms with Gasteiger partial charge in [0.2, 0.25) is 0 Å². The van der Waals surface area contributed by atoms with Crippen molar-refractivity contribution in [3.05, 3.63) is 0 Å². The third kappa shape index (κ3) is 10.5. The van der Waals surface area contributed by atoms with E-state index in [1.54, 1.807) is 0 Å². The van der Waals surface area contributed by atoms with E-state index < -0.39 is 32.3 Å². The molecule has 0 aromatic rings. The first kappa shape index (κ1) is 18.6. The Morgan fingerprint density at radius 2 is 1.39 bits per heavy atom. The van der Waals surface area contributed by atoms with Gasteiger partial charge in [-0.1, -0.05) is 6.42 Å². The summed E-state index contributed by atoms with van der Waals surface area (Å²) in [5, 5.41) is 17.7. The minimum atomic E-state index is -2.05. The van der Waals surface area contributed by atoms with Gasteiger partial charge in [0.05, 0.1) is 0 Å². The van der Waals surface area contributed by atoms with Crippen LogP contribution in [0.3, 0.4) is 0 Å². The van der Waals surface area contributed by atoms with E-state index in [2.05, 4.69) is 45.8 Å². The number of rotatable bonds is 8. The van der Waals surface area contributed by atoms with Crippen molar-refractivity contribution in [3.63, 3.8) is 0 Å². The SMILES string of the molecule is C[Si](C)(C)O[Si](C)(C)O[Si](C)(C)CCCB(O)O. The Morgan fingerprint density at radius 3 is 1.78 bits per heavy atom. The zero-order valence-electron chi connectivity index (χ0n) is 12.9. The lowest BCUT2D eigenvalue weighted by atomic mass is 9.85. The molecule has 18 heavy (non-hydrogen) atoms. The van der Waals surface area contributed by atoms with E-state index in [0.717, 1.165) is 12.5 Å². The normalized spacial score (nSPS) is 13.8. The van der Waals surface area contributed by atoms with Crippen molar-refractivity contribution in [2.45, 2.75) is 64.6 Å². The highest BCUT2D eigenvalue weighted by molar-refractivity contribution is 6.87. The van der Waals surface area contributed by atoms with E-state index in [9.17, 15) is 0 Å². The van der Waals surface area contributed by atoms with Crippen LogP contribution in [-0.2, 0) is 8.23 Å². The summed E-state index contributed by atoms with van der Waals surface area (Å²) in [7, 11) is -6.58. The van der Waals surface area contributed by atoms with Crippen molar-refractivity contribution < 1.29 is 18.3 Å². The van der Waals surface area contributed by atoms with E-state index >= 15 is 0 Å². The van der Waals surface area contributed by atoms with Crippen LogP contribution in [0.25, 0.3) is 0 Å². The molecule has 8 heteroatoms. The first-order valence-corrected chi connectivity index (χ1v) is 15.9. The Kier molecular flexibility index (Phi) is 7.03. The number of hydrogen-bond acceptors (Lipinski definition) is 4. The molecule has 0 atom stereocenters. The standard InChI is InChI=1S/C10H29BO4Si3/c1-16(2,3)14-18(6,7)15-17(4,5)10-8-9-11(12)13/h12-13H,8-10H2,1-7H3. The molecule has 0 unspecified atom stereocenters. The minimum Gasteiger partial charge on any atom is -0.437 e. The summed E-state index contributed by atoms with van der Waals surface area (Å²) in [6.45, 7) is 15.1. The summed E-state index contributed by atoms with van der Waals surface area (Å²) in [5.41, 5.74) is 0. The highest BCUT2D eigenvalue weighted by atomic mass is 28.5. The maximum absolute atomic E-state index is 8.85. The average Bonchev–Trinajstić information content (AvgIpc) is 1.93. The molecule has 0 spiro atoms. The van der Waals surface area contributed by atoms with Gasteiger partial charge in [0.1, 0.15) is 0 Å². The van der Waals surface area contributed by atoms with Crippen LogP contribution in [0.5, 0.6) is 0 Å². The molecular weight excluding hydrogens is 279 g/mol. The largest absolute Gasteiger partial charge is 0.451 e. The van der Waals surface area contributed by atoms with Crippen LogP contribution in [-0.4, -0.2) is 42.4 Å². The molecule has 0 aliphatic rings. The molecular formula is C10H29BO4Si3. The summed E-state index contributed by atoms with van der Waals surface area (Å²) >= 11 is 0. The van der Waals surface area contributed by atoms with E-state index in [0.29, 0.717) is 6.32 Å². The molecule has 0 rings (SSSR count). The van der Waals surface area contributed by atoms with Gasteiger partial charge >= 0.3 is 15.7 Å². The summed E-state index contributed by atoms with van der Waals surface area (Å²) in [4.78, 5) is 0. The van der Waals surface area contributed by atoms with E-state index in [4.69, 9.17) is 18.3 Å². The van der Waals surface area contributed by atoms with Crippen LogP contribution in [0.15, 0.2) is 0 Å². The van der Waals surface area contributed by atoms with Crippen LogP contribution >= 0.6 is 0 Å². The zero-order valence-corrected chi connectivity index (χ0v) is 15.9. The van der Waals surface area contributed by atoms with Gasteiger partial charge in [-0.2, -0.15) is 0 Å². The first-order valence-electron chi connectivity index (χ1n) is 6.59. The van der Waals surface area contributed by atoms with Crippen LogP contribution in [0.4, 0.5) is 0 Å². The lowest BCUT2D eigenvalue weighted by Gasteiger charge is -2.37. The molecule has 0 saturated carbocycles. The summed E-state index contributed by atoms with van der Waals surface area (Å²) in [6.07, 6.45) is 1.23. The lowest BCUT2D eigenvalue weighted by molar-refractivity contribution is 0.389. The lowest BCUT2D eigenvalue weighted by Crippen LogP contribution is -2.51. The van der Waals surface area contributed by atoms with Crippen molar-refractivity contribution in [1.82, 2.24) is 0 Å². The second kappa shape index (κ2) is 6.82. The zero-order chi connectivity index (χ0) is 14.6. The van der Waals surface area contributed by atoms with Crippen LogP contribution in [0.2, 0.25) is 58.2 Å². The summed E-state index contributed by atoms with van der Waals surface area (Å²) in [5.74, 6) is 0. The fourth-order valence-corrected chi connectivity index (χ4v) is 15.4. The quantitative estimate of drug-likeness (QED) is 0.677. The molecule has 0 aliphatic heterocycles. The van der Waals surface area contributed by atoms with Gasteiger partial charge in [-0.25, -0.2) is 0 Å². The highest BCUT2D eigenvalue weighted by Crippen LogP contribution is 2.24. The van der Waals surface area contributed by atoms with E-state index in [-0.39, 0.29) is 0 Å². The molecule has 0 aromatic heterocycles. The average molecular weight is 308 g/mol. The molecule has 0 fully saturated rings. The molecule has 0 bridgehead atoms. The minimum absolute atomic E-state index is 0.427. The third-order valence-corrected chi connectivity index (χ3v) is 12.5. The fourth-order valence-electron chi connectivity index (χ4n) is 2.18. The van der Waals surface area contributed by atoms with Gasteiger partial charge in [0.25, 0.3) is 0 Å². The Bertz CT molecular complexity index is 254. The molecule has 0 amide bonds. The first-order chi connectivity index (χ1) is 7.83. The maximum Gasteiger partial charge on any atom is 0.451 e. The van der Waals surface area contributed by atoms with Gasteiger partial charge < -0.3 is 18.3 Å². The van der Waals surface area contributed by atoms with Crippen molar-refractivity contribution in [2.24, 2.45) is 0 Å². The third-order valence-electron chi connectivity index (χ3n) is 2.32. The molecule has 2 N–H and O–H groups in total. The van der Waals surface area contributed by atoms with Gasteiger partial charge in [-0.05, 0) is 58.2 Å². The molecule has 0 aromatic carbocycles. The molecule has 108 valence electrons. The molecule has 0 radical (unpaired) electrons. The van der Waals surface area contributed by atoms with Crippen LogP contribution < -0.4 is 0 Å². The predicted molar refractivity (Wildman–Crippen MR) is 84.9 cm³/mol.